The number of rotatable bonds is 7. The van der Waals surface area contributed by atoms with Crippen molar-refractivity contribution in [1.29, 1.82) is 0 Å². The number of guanidine groups is 1. The Morgan fingerprint density at radius 2 is 2.12 bits per heavy atom. The largest absolute Gasteiger partial charge is 0.357 e. The van der Waals surface area contributed by atoms with E-state index < -0.39 is 0 Å². The van der Waals surface area contributed by atoms with Gasteiger partial charge in [-0.05, 0) is 43.4 Å². The van der Waals surface area contributed by atoms with E-state index in [1.807, 2.05) is 19.3 Å². The molecule has 5 nitrogen and oxygen atoms in total. The Hall–Kier alpha value is -2.04. The van der Waals surface area contributed by atoms with E-state index in [0.717, 1.165) is 50.8 Å². The molecule has 2 rings (SSSR count). The summed E-state index contributed by atoms with van der Waals surface area (Å²) in [5, 5.41) is 3.46. The highest BCUT2D eigenvalue weighted by molar-refractivity contribution is 5.79. The topological polar surface area (TPSA) is 43.8 Å². The second-order valence-electron chi connectivity index (χ2n) is 6.68. The number of pyridine rings is 1. The van der Waals surface area contributed by atoms with Gasteiger partial charge in [-0.2, -0.15) is 0 Å². The molecule has 0 amide bonds. The van der Waals surface area contributed by atoms with Crippen molar-refractivity contribution in [1.82, 2.24) is 15.2 Å². The normalized spacial score (nSPS) is 15.6. The number of unbranched alkanes of at least 4 members (excludes halogenated alkanes) is 1. The first-order chi connectivity index (χ1) is 12.2. The summed E-state index contributed by atoms with van der Waals surface area (Å²) in [6, 6.07) is 4.29. The van der Waals surface area contributed by atoms with Crippen LogP contribution >= 0.6 is 0 Å². The predicted octanol–water partition coefficient (Wildman–Crippen LogP) is 3.44. The molecule has 0 unspecified atom stereocenters. The van der Waals surface area contributed by atoms with Crippen LogP contribution in [0.3, 0.4) is 0 Å². The van der Waals surface area contributed by atoms with Crippen LogP contribution in [0.25, 0.3) is 0 Å². The Morgan fingerprint density at radius 3 is 2.80 bits per heavy atom. The maximum atomic E-state index is 4.59. The van der Waals surface area contributed by atoms with Gasteiger partial charge in [-0.1, -0.05) is 18.9 Å². The van der Waals surface area contributed by atoms with Gasteiger partial charge in [0.15, 0.2) is 5.96 Å². The molecule has 0 radical (unpaired) electrons. The van der Waals surface area contributed by atoms with Gasteiger partial charge in [0.2, 0.25) is 0 Å². The van der Waals surface area contributed by atoms with Gasteiger partial charge in [-0.25, -0.2) is 4.98 Å². The van der Waals surface area contributed by atoms with Crippen LogP contribution in [0.5, 0.6) is 0 Å². The van der Waals surface area contributed by atoms with Gasteiger partial charge in [-0.15, -0.1) is 6.58 Å². The van der Waals surface area contributed by atoms with E-state index in [1.54, 1.807) is 0 Å². The number of allylic oxidation sites excluding steroid dienone is 1. The van der Waals surface area contributed by atoms with Crippen molar-refractivity contribution >= 4 is 11.8 Å². The minimum absolute atomic E-state index is 0.766. The summed E-state index contributed by atoms with van der Waals surface area (Å²) in [6.07, 6.45) is 11.2. The average molecular weight is 344 g/mol. The van der Waals surface area contributed by atoms with Crippen LogP contribution in [0.2, 0.25) is 0 Å². The van der Waals surface area contributed by atoms with Crippen LogP contribution in [-0.2, 0) is 6.54 Å². The predicted molar refractivity (Wildman–Crippen MR) is 107 cm³/mol. The highest BCUT2D eigenvalue weighted by Crippen LogP contribution is 2.18. The molecular formula is C20H33N5. The van der Waals surface area contributed by atoms with E-state index >= 15 is 0 Å². The lowest BCUT2D eigenvalue weighted by atomic mass is 10.2. The Bertz CT molecular complexity index is 547. The molecule has 1 aliphatic heterocycles. The molecule has 1 aliphatic rings. The van der Waals surface area contributed by atoms with Crippen molar-refractivity contribution in [3.05, 3.63) is 36.5 Å². The Balaban J connectivity index is 1.91. The molecule has 1 N–H and O–H groups in total. The van der Waals surface area contributed by atoms with Crippen molar-refractivity contribution in [3.8, 4) is 0 Å². The van der Waals surface area contributed by atoms with Crippen LogP contribution < -0.4 is 10.2 Å². The van der Waals surface area contributed by atoms with Crippen molar-refractivity contribution in [3.63, 3.8) is 0 Å². The van der Waals surface area contributed by atoms with Crippen LogP contribution in [-0.4, -0.2) is 49.6 Å². The molecule has 0 saturated carbocycles. The first kappa shape index (κ1) is 19.3. The molecule has 0 bridgehead atoms. The quantitative estimate of drug-likeness (QED) is 0.356. The van der Waals surface area contributed by atoms with Crippen LogP contribution in [0, 0.1) is 0 Å². The van der Waals surface area contributed by atoms with Crippen LogP contribution in [0.4, 0.5) is 5.82 Å². The zero-order valence-corrected chi connectivity index (χ0v) is 15.9. The molecule has 1 aromatic rings. The lowest BCUT2D eigenvalue weighted by Gasteiger charge is -2.23. The van der Waals surface area contributed by atoms with Gasteiger partial charge in [0, 0.05) is 46.5 Å². The fourth-order valence-corrected chi connectivity index (χ4v) is 3.19. The molecule has 0 atom stereocenters. The fourth-order valence-electron chi connectivity index (χ4n) is 3.19. The number of hydrogen-bond donors (Lipinski definition) is 1. The summed E-state index contributed by atoms with van der Waals surface area (Å²) >= 11 is 0. The molecule has 138 valence electrons. The highest BCUT2D eigenvalue weighted by Gasteiger charge is 2.12. The SMILES string of the molecule is C=CCCCN(C)C(=NC)NCc1ccnc(N2CCCCCC2)c1. The van der Waals surface area contributed by atoms with E-state index in [4.69, 9.17) is 0 Å². The summed E-state index contributed by atoms with van der Waals surface area (Å²) in [5.74, 6) is 2.03. The van der Waals surface area contributed by atoms with Gasteiger partial charge >= 0.3 is 0 Å². The van der Waals surface area contributed by atoms with Gasteiger partial charge in [0.1, 0.15) is 5.82 Å². The summed E-state index contributed by atoms with van der Waals surface area (Å²) in [6.45, 7) is 7.76. The minimum atomic E-state index is 0.766. The van der Waals surface area contributed by atoms with Crippen molar-refractivity contribution in [2.24, 2.45) is 4.99 Å². The van der Waals surface area contributed by atoms with E-state index in [2.05, 4.69) is 50.9 Å². The molecule has 1 fully saturated rings. The number of anilines is 1. The molecule has 0 aromatic carbocycles. The number of aliphatic imine (C=N–C) groups is 1. The molecule has 25 heavy (non-hydrogen) atoms. The summed E-state index contributed by atoms with van der Waals surface area (Å²) in [7, 11) is 3.91. The van der Waals surface area contributed by atoms with E-state index in [0.29, 0.717) is 0 Å². The van der Waals surface area contributed by atoms with Gasteiger partial charge in [0.05, 0.1) is 0 Å². The molecule has 0 spiro atoms. The molecule has 2 heterocycles. The van der Waals surface area contributed by atoms with Gasteiger partial charge < -0.3 is 15.1 Å². The molecular weight excluding hydrogens is 310 g/mol. The number of aromatic nitrogens is 1. The summed E-state index contributed by atoms with van der Waals surface area (Å²) < 4.78 is 0. The monoisotopic (exact) mass is 343 g/mol. The third kappa shape index (κ3) is 6.40. The number of nitrogens with one attached hydrogen (secondary N) is 1. The van der Waals surface area contributed by atoms with Crippen molar-refractivity contribution in [2.45, 2.75) is 45.1 Å². The van der Waals surface area contributed by atoms with Gasteiger partial charge in [0.25, 0.3) is 0 Å². The first-order valence-electron chi connectivity index (χ1n) is 9.47. The zero-order chi connectivity index (χ0) is 17.9. The smallest absolute Gasteiger partial charge is 0.193 e. The number of hydrogen-bond acceptors (Lipinski definition) is 3. The third-order valence-electron chi connectivity index (χ3n) is 4.67. The maximum Gasteiger partial charge on any atom is 0.193 e. The molecule has 0 aliphatic carbocycles. The van der Waals surface area contributed by atoms with Crippen LogP contribution in [0.15, 0.2) is 36.0 Å². The molecule has 1 saturated heterocycles. The van der Waals surface area contributed by atoms with E-state index in [-0.39, 0.29) is 0 Å². The lowest BCUT2D eigenvalue weighted by molar-refractivity contribution is 0.470. The van der Waals surface area contributed by atoms with Crippen molar-refractivity contribution in [2.75, 3.05) is 38.6 Å². The summed E-state index contributed by atoms with van der Waals surface area (Å²) in [5.41, 5.74) is 1.25. The minimum Gasteiger partial charge on any atom is -0.357 e. The second kappa shape index (κ2) is 10.7. The Morgan fingerprint density at radius 1 is 1.36 bits per heavy atom. The fraction of sp³-hybridized carbons (Fsp3) is 0.600. The Kier molecular flexibility index (Phi) is 8.29. The molecule has 5 heteroatoms. The van der Waals surface area contributed by atoms with Gasteiger partial charge in [-0.3, -0.25) is 4.99 Å². The van der Waals surface area contributed by atoms with E-state index in [1.165, 1.54) is 31.2 Å². The van der Waals surface area contributed by atoms with Crippen LogP contribution in [0.1, 0.15) is 44.1 Å². The second-order valence-corrected chi connectivity index (χ2v) is 6.68. The Labute approximate surface area is 152 Å². The van der Waals surface area contributed by atoms with E-state index in [9.17, 15) is 0 Å². The number of nitrogens with zero attached hydrogens (tertiary/aromatic N) is 4. The lowest BCUT2D eigenvalue weighted by Crippen LogP contribution is -2.39. The third-order valence-corrected chi connectivity index (χ3v) is 4.67. The molecule has 1 aromatic heterocycles. The highest BCUT2D eigenvalue weighted by atomic mass is 15.3. The average Bonchev–Trinajstić information content (AvgIpc) is 2.92. The standard InChI is InChI=1S/C20H33N5/c1-4-5-8-13-24(3)20(21-2)23-17-18-11-12-22-19(16-18)25-14-9-6-7-10-15-25/h4,11-12,16H,1,5-10,13-15,17H2,2-3H3,(H,21,23). The first-order valence-corrected chi connectivity index (χ1v) is 9.47. The zero-order valence-electron chi connectivity index (χ0n) is 15.9. The maximum absolute atomic E-state index is 4.59. The summed E-state index contributed by atoms with van der Waals surface area (Å²) in [4.78, 5) is 13.6. The van der Waals surface area contributed by atoms with Crippen molar-refractivity contribution < 1.29 is 0 Å².